The lowest BCUT2D eigenvalue weighted by Gasteiger charge is -2.15. The van der Waals surface area contributed by atoms with E-state index in [4.69, 9.17) is 0 Å². The van der Waals surface area contributed by atoms with E-state index in [0.717, 1.165) is 18.4 Å². The Balaban J connectivity index is 1.52. The third-order valence-corrected chi connectivity index (χ3v) is 5.70. The molecule has 32 heavy (non-hydrogen) atoms. The van der Waals surface area contributed by atoms with Gasteiger partial charge in [-0.25, -0.2) is 0 Å². The van der Waals surface area contributed by atoms with Crippen LogP contribution < -0.4 is 15.4 Å². The largest absolute Gasteiger partial charge is 0.435 e. The summed E-state index contributed by atoms with van der Waals surface area (Å²) >= 11 is 1.68. The molecule has 0 fully saturated rings. The minimum absolute atomic E-state index is 0.0566. The average Bonchev–Trinajstić information content (AvgIpc) is 3.27. The van der Waals surface area contributed by atoms with Crippen molar-refractivity contribution in [1.29, 1.82) is 0 Å². The molecule has 0 bridgehead atoms. The Morgan fingerprint density at radius 3 is 2.53 bits per heavy atom. The number of carbonyl (C=O) groups excluding carboxylic acids is 2. The first-order valence-electron chi connectivity index (χ1n) is 10.2. The molecule has 0 saturated carbocycles. The van der Waals surface area contributed by atoms with Gasteiger partial charge >= 0.3 is 6.61 Å². The molecule has 5 nitrogen and oxygen atoms in total. The summed E-state index contributed by atoms with van der Waals surface area (Å²) in [5, 5.41) is 7.71. The number of benzene rings is 2. The monoisotopic (exact) mass is 458 g/mol. The van der Waals surface area contributed by atoms with Crippen molar-refractivity contribution >= 4 is 28.8 Å². The van der Waals surface area contributed by atoms with Crippen molar-refractivity contribution in [2.24, 2.45) is 0 Å². The van der Waals surface area contributed by atoms with Gasteiger partial charge in [0.1, 0.15) is 5.75 Å². The highest BCUT2D eigenvalue weighted by molar-refractivity contribution is 7.09. The summed E-state index contributed by atoms with van der Waals surface area (Å²) in [5.41, 5.74) is 1.71. The Hall–Kier alpha value is -3.26. The minimum Gasteiger partial charge on any atom is -0.435 e. The summed E-state index contributed by atoms with van der Waals surface area (Å²) in [4.78, 5) is 26.1. The Kier molecular flexibility index (Phi) is 8.33. The van der Waals surface area contributed by atoms with E-state index in [2.05, 4.69) is 21.4 Å². The molecule has 8 heteroatoms. The quantitative estimate of drug-likeness (QED) is 0.403. The van der Waals surface area contributed by atoms with Crippen molar-refractivity contribution in [3.63, 3.8) is 0 Å². The highest BCUT2D eigenvalue weighted by Gasteiger charge is 2.13. The predicted molar refractivity (Wildman–Crippen MR) is 121 cm³/mol. The Labute approximate surface area is 189 Å². The second kappa shape index (κ2) is 11.4. The van der Waals surface area contributed by atoms with E-state index in [1.54, 1.807) is 54.7 Å². The van der Waals surface area contributed by atoms with E-state index in [9.17, 15) is 18.4 Å². The Morgan fingerprint density at radius 1 is 1.06 bits per heavy atom. The molecule has 2 aromatic carbocycles. The number of rotatable bonds is 10. The van der Waals surface area contributed by atoms with Crippen LogP contribution in [0.2, 0.25) is 0 Å². The van der Waals surface area contributed by atoms with E-state index < -0.39 is 6.61 Å². The summed E-state index contributed by atoms with van der Waals surface area (Å²) in [7, 11) is 0. The fourth-order valence-corrected chi connectivity index (χ4v) is 3.89. The first-order chi connectivity index (χ1) is 15.4. The number of thiophene rings is 1. The van der Waals surface area contributed by atoms with Gasteiger partial charge in [-0.2, -0.15) is 8.78 Å². The molecule has 1 heterocycles. The average molecular weight is 459 g/mol. The van der Waals surface area contributed by atoms with Gasteiger partial charge in [-0.3, -0.25) is 9.59 Å². The zero-order chi connectivity index (χ0) is 22.9. The molecule has 168 valence electrons. The van der Waals surface area contributed by atoms with Gasteiger partial charge in [-0.1, -0.05) is 24.3 Å². The molecule has 0 spiro atoms. The molecule has 3 aromatic rings. The van der Waals surface area contributed by atoms with Crippen LogP contribution in [0.5, 0.6) is 5.75 Å². The van der Waals surface area contributed by atoms with Crippen molar-refractivity contribution in [3.05, 3.63) is 82.0 Å². The van der Waals surface area contributed by atoms with Gasteiger partial charge in [0, 0.05) is 22.5 Å². The van der Waals surface area contributed by atoms with Crippen molar-refractivity contribution < 1.29 is 23.1 Å². The van der Waals surface area contributed by atoms with E-state index >= 15 is 0 Å². The van der Waals surface area contributed by atoms with Gasteiger partial charge in [0.2, 0.25) is 5.91 Å². The van der Waals surface area contributed by atoms with Crippen LogP contribution in [0.4, 0.5) is 14.5 Å². The van der Waals surface area contributed by atoms with Crippen LogP contribution in [0.25, 0.3) is 0 Å². The standard InChI is InChI=1S/C24H24F2N2O3S/c1-16(17-10-12-20(13-11-17)31-24(25)26)27-23(30)18-5-2-6-19(15-18)28-22(29)9-3-7-21-8-4-14-32-21/h2,4-6,8,10-16,24H,3,7,9H2,1H3,(H,27,30)(H,28,29). The number of aryl methyl sites for hydroxylation is 1. The van der Waals surface area contributed by atoms with Crippen molar-refractivity contribution in [3.8, 4) is 5.75 Å². The van der Waals surface area contributed by atoms with Crippen LogP contribution in [0.15, 0.2) is 66.0 Å². The summed E-state index contributed by atoms with van der Waals surface area (Å²) in [6.07, 6.45) is 2.02. The van der Waals surface area contributed by atoms with Gasteiger partial charge in [-0.05, 0) is 67.1 Å². The number of hydrogen-bond acceptors (Lipinski definition) is 4. The molecule has 0 radical (unpaired) electrons. The van der Waals surface area contributed by atoms with Crippen LogP contribution in [-0.4, -0.2) is 18.4 Å². The van der Waals surface area contributed by atoms with Gasteiger partial charge in [-0.15, -0.1) is 11.3 Å². The predicted octanol–water partition coefficient (Wildman–Crippen LogP) is 5.80. The number of alkyl halides is 2. The molecule has 0 aliphatic rings. The van der Waals surface area contributed by atoms with Crippen LogP contribution in [0, 0.1) is 0 Å². The number of hydrogen-bond donors (Lipinski definition) is 2. The molecule has 0 aliphatic carbocycles. The maximum Gasteiger partial charge on any atom is 0.387 e. The molecule has 0 saturated heterocycles. The second-order valence-electron chi connectivity index (χ2n) is 7.20. The zero-order valence-corrected chi connectivity index (χ0v) is 18.3. The Morgan fingerprint density at radius 2 is 1.84 bits per heavy atom. The van der Waals surface area contributed by atoms with Gasteiger partial charge in [0.05, 0.1) is 6.04 Å². The third kappa shape index (κ3) is 7.16. The summed E-state index contributed by atoms with van der Waals surface area (Å²) in [6.45, 7) is -1.09. The molecule has 1 unspecified atom stereocenters. The molecule has 3 rings (SSSR count). The number of nitrogens with one attached hydrogen (secondary N) is 2. The fraction of sp³-hybridized carbons (Fsp3) is 0.250. The second-order valence-corrected chi connectivity index (χ2v) is 8.24. The van der Waals surface area contributed by atoms with Gasteiger partial charge in [0.25, 0.3) is 5.91 Å². The van der Waals surface area contributed by atoms with Crippen molar-refractivity contribution in [2.75, 3.05) is 5.32 Å². The zero-order valence-electron chi connectivity index (χ0n) is 17.5. The fourth-order valence-electron chi connectivity index (χ4n) is 3.14. The molecule has 0 aliphatic heterocycles. The van der Waals surface area contributed by atoms with Crippen LogP contribution in [0.3, 0.4) is 0 Å². The van der Waals surface area contributed by atoms with E-state index in [1.165, 1.54) is 17.0 Å². The Bertz CT molecular complexity index is 1020. The maximum absolute atomic E-state index is 12.6. The van der Waals surface area contributed by atoms with Crippen molar-refractivity contribution in [1.82, 2.24) is 5.32 Å². The lowest BCUT2D eigenvalue weighted by Crippen LogP contribution is -2.26. The normalized spacial score (nSPS) is 11.8. The van der Waals surface area contributed by atoms with Crippen LogP contribution in [0.1, 0.15) is 46.6 Å². The summed E-state index contributed by atoms with van der Waals surface area (Å²) in [5.74, 6) is -0.348. The van der Waals surface area contributed by atoms with E-state index in [0.29, 0.717) is 17.7 Å². The van der Waals surface area contributed by atoms with Gasteiger partial charge < -0.3 is 15.4 Å². The number of amides is 2. The lowest BCUT2D eigenvalue weighted by atomic mass is 10.1. The number of halogens is 2. The summed E-state index contributed by atoms with van der Waals surface area (Å²) < 4.78 is 28.9. The smallest absolute Gasteiger partial charge is 0.387 e. The topological polar surface area (TPSA) is 67.4 Å². The maximum atomic E-state index is 12.6. The molecule has 2 N–H and O–H groups in total. The molecular formula is C24H24F2N2O3S. The lowest BCUT2D eigenvalue weighted by molar-refractivity contribution is -0.116. The van der Waals surface area contributed by atoms with E-state index in [-0.39, 0.29) is 23.6 Å². The number of carbonyl (C=O) groups is 2. The molecular weight excluding hydrogens is 434 g/mol. The first kappa shape index (κ1) is 23.4. The summed E-state index contributed by atoms with van der Waals surface area (Å²) in [6, 6.07) is 16.5. The SMILES string of the molecule is CC(NC(=O)c1cccc(NC(=O)CCCc2cccs2)c1)c1ccc(OC(F)F)cc1. The number of anilines is 1. The number of ether oxygens (including phenoxy) is 1. The van der Waals surface area contributed by atoms with E-state index in [1.807, 2.05) is 11.4 Å². The highest BCUT2D eigenvalue weighted by atomic mass is 32.1. The molecule has 2 amide bonds. The minimum atomic E-state index is -2.88. The van der Waals surface area contributed by atoms with Crippen molar-refractivity contribution in [2.45, 2.75) is 38.8 Å². The molecule has 1 aromatic heterocycles. The molecule has 1 atom stereocenters. The highest BCUT2D eigenvalue weighted by Crippen LogP contribution is 2.20. The van der Waals surface area contributed by atoms with Gasteiger partial charge in [0.15, 0.2) is 0 Å². The van der Waals surface area contributed by atoms with Crippen LogP contribution >= 0.6 is 11.3 Å². The van der Waals surface area contributed by atoms with Crippen LogP contribution in [-0.2, 0) is 11.2 Å². The first-order valence-corrected chi connectivity index (χ1v) is 11.1. The third-order valence-electron chi connectivity index (χ3n) is 4.77.